The van der Waals surface area contributed by atoms with Crippen molar-refractivity contribution in [3.8, 4) is 0 Å². The fourth-order valence-corrected chi connectivity index (χ4v) is 1.61. The molecule has 14 heavy (non-hydrogen) atoms. The van der Waals surface area contributed by atoms with Crippen molar-refractivity contribution in [2.45, 2.75) is 32.2 Å². The van der Waals surface area contributed by atoms with Crippen LogP contribution in [0.4, 0.5) is 0 Å². The normalized spacial score (nSPS) is 19.9. The van der Waals surface area contributed by atoms with Gasteiger partial charge in [-0.25, -0.2) is 0 Å². The van der Waals surface area contributed by atoms with Crippen molar-refractivity contribution in [1.29, 1.82) is 0 Å². The Morgan fingerprint density at radius 3 is 2.29 bits per heavy atom. The lowest BCUT2D eigenvalue weighted by Crippen LogP contribution is -2.42. The average molecular weight is 199 g/mol. The maximum atomic E-state index is 8.85. The van der Waals surface area contributed by atoms with Crippen LogP contribution in [0.1, 0.15) is 26.7 Å². The zero-order chi connectivity index (χ0) is 10.8. The van der Waals surface area contributed by atoms with Crippen LogP contribution in [0.25, 0.3) is 0 Å². The molecule has 0 saturated heterocycles. The highest BCUT2D eigenvalue weighted by molar-refractivity contribution is 5.83. The molecule has 0 radical (unpaired) electrons. The van der Waals surface area contributed by atoms with Gasteiger partial charge in [-0.05, 0) is 26.3 Å². The van der Waals surface area contributed by atoms with E-state index in [4.69, 9.17) is 5.21 Å². The largest absolute Gasteiger partial charge is 0.409 e. The fraction of sp³-hybridized carbons (Fsp3) is 0.900. The third kappa shape index (κ3) is 2.38. The minimum Gasteiger partial charge on any atom is -0.409 e. The smallest absolute Gasteiger partial charge is 0.158 e. The van der Waals surface area contributed by atoms with Gasteiger partial charge in [0.05, 0.1) is 6.54 Å². The standard InChI is InChI=1S/C10H21N3O/c1-5-13(10(2)6-7-10)8-9(11-14)12(3)4/h14H,5-8H2,1-4H3/b11-9-. The van der Waals surface area contributed by atoms with Gasteiger partial charge in [-0.15, -0.1) is 0 Å². The second-order valence-corrected chi connectivity index (χ2v) is 4.42. The average Bonchev–Trinajstić information content (AvgIpc) is 2.85. The zero-order valence-corrected chi connectivity index (χ0v) is 9.62. The molecule has 1 aliphatic carbocycles. The second kappa shape index (κ2) is 4.17. The van der Waals surface area contributed by atoms with Gasteiger partial charge in [0.1, 0.15) is 0 Å². The minimum absolute atomic E-state index is 0.348. The van der Waals surface area contributed by atoms with Gasteiger partial charge in [0, 0.05) is 19.6 Å². The molecule has 1 N–H and O–H groups in total. The van der Waals surface area contributed by atoms with Crippen LogP contribution in [0.5, 0.6) is 0 Å². The summed E-state index contributed by atoms with van der Waals surface area (Å²) in [6.07, 6.45) is 2.51. The van der Waals surface area contributed by atoms with Crippen LogP contribution in [0.15, 0.2) is 5.16 Å². The van der Waals surface area contributed by atoms with E-state index in [1.165, 1.54) is 12.8 Å². The summed E-state index contributed by atoms with van der Waals surface area (Å²) >= 11 is 0. The van der Waals surface area contributed by atoms with E-state index in [0.29, 0.717) is 5.54 Å². The van der Waals surface area contributed by atoms with Gasteiger partial charge in [0.2, 0.25) is 0 Å². The number of nitrogens with zero attached hydrogens (tertiary/aromatic N) is 3. The number of hydrogen-bond donors (Lipinski definition) is 1. The Labute approximate surface area is 86.2 Å². The summed E-state index contributed by atoms with van der Waals surface area (Å²) in [4.78, 5) is 4.22. The first-order chi connectivity index (χ1) is 6.53. The highest BCUT2D eigenvalue weighted by Gasteiger charge is 2.42. The van der Waals surface area contributed by atoms with Crippen molar-refractivity contribution in [3.05, 3.63) is 0 Å². The lowest BCUT2D eigenvalue weighted by atomic mass is 10.2. The molecule has 0 atom stereocenters. The maximum Gasteiger partial charge on any atom is 0.158 e. The maximum absolute atomic E-state index is 8.85. The molecule has 0 aliphatic heterocycles. The SMILES string of the molecule is CCN(C/C(=N/O)N(C)C)C1(C)CC1. The molecule has 1 saturated carbocycles. The number of hydrogen-bond acceptors (Lipinski definition) is 3. The molecule has 0 aromatic heterocycles. The molecular weight excluding hydrogens is 178 g/mol. The van der Waals surface area contributed by atoms with Crippen LogP contribution in [0.2, 0.25) is 0 Å². The van der Waals surface area contributed by atoms with Crippen LogP contribution in [-0.2, 0) is 0 Å². The van der Waals surface area contributed by atoms with E-state index in [-0.39, 0.29) is 0 Å². The summed E-state index contributed by atoms with van der Waals surface area (Å²) in [5.74, 6) is 0.722. The van der Waals surface area contributed by atoms with Crippen molar-refractivity contribution in [2.24, 2.45) is 5.16 Å². The van der Waals surface area contributed by atoms with Gasteiger partial charge < -0.3 is 10.1 Å². The lowest BCUT2D eigenvalue weighted by molar-refractivity contribution is 0.219. The third-order valence-corrected chi connectivity index (χ3v) is 3.08. The number of rotatable bonds is 4. The van der Waals surface area contributed by atoms with Crippen molar-refractivity contribution in [2.75, 3.05) is 27.2 Å². The van der Waals surface area contributed by atoms with Gasteiger partial charge in [-0.3, -0.25) is 4.90 Å². The quantitative estimate of drug-likeness (QED) is 0.320. The molecular formula is C10H21N3O. The third-order valence-electron chi connectivity index (χ3n) is 3.08. The van der Waals surface area contributed by atoms with Gasteiger partial charge in [-0.2, -0.15) is 0 Å². The van der Waals surface area contributed by atoms with Crippen molar-refractivity contribution in [1.82, 2.24) is 9.80 Å². The Balaban J connectivity index is 2.56. The molecule has 4 nitrogen and oxygen atoms in total. The summed E-state index contributed by atoms with van der Waals surface area (Å²) < 4.78 is 0. The van der Waals surface area contributed by atoms with Crippen molar-refractivity contribution >= 4 is 5.84 Å². The number of likely N-dealkylation sites (N-methyl/N-ethyl adjacent to an activating group) is 2. The first-order valence-corrected chi connectivity index (χ1v) is 5.17. The van der Waals surface area contributed by atoms with Gasteiger partial charge >= 0.3 is 0 Å². The summed E-state index contributed by atoms with van der Waals surface area (Å²) in [7, 11) is 3.80. The molecule has 0 bridgehead atoms. The molecule has 0 unspecified atom stereocenters. The predicted molar refractivity (Wildman–Crippen MR) is 57.8 cm³/mol. The van der Waals surface area contributed by atoms with Gasteiger partial charge in [0.15, 0.2) is 5.84 Å². The molecule has 1 fully saturated rings. The summed E-state index contributed by atoms with van der Waals surface area (Å²) in [6, 6.07) is 0. The molecule has 82 valence electrons. The van der Waals surface area contributed by atoms with Crippen LogP contribution in [-0.4, -0.2) is 53.6 Å². The van der Waals surface area contributed by atoms with Crippen molar-refractivity contribution in [3.63, 3.8) is 0 Å². The van der Waals surface area contributed by atoms with E-state index in [1.807, 2.05) is 19.0 Å². The van der Waals surface area contributed by atoms with Crippen LogP contribution < -0.4 is 0 Å². The van der Waals surface area contributed by atoms with E-state index in [9.17, 15) is 0 Å². The molecule has 0 heterocycles. The molecule has 1 aliphatic rings. The van der Waals surface area contributed by atoms with Crippen molar-refractivity contribution < 1.29 is 5.21 Å². The predicted octanol–water partition coefficient (Wildman–Crippen LogP) is 1.21. The summed E-state index contributed by atoms with van der Waals surface area (Å²) in [6.45, 7) is 6.15. The van der Waals surface area contributed by atoms with Gasteiger partial charge in [-0.1, -0.05) is 12.1 Å². The molecule has 4 heteroatoms. The second-order valence-electron chi connectivity index (χ2n) is 4.42. The Hall–Kier alpha value is -0.770. The highest BCUT2D eigenvalue weighted by atomic mass is 16.4. The minimum atomic E-state index is 0.348. The van der Waals surface area contributed by atoms with E-state index in [2.05, 4.69) is 23.9 Å². The Morgan fingerprint density at radius 2 is 2.00 bits per heavy atom. The summed E-state index contributed by atoms with van der Waals surface area (Å²) in [5.41, 5.74) is 0.348. The Bertz CT molecular complexity index is 221. The monoisotopic (exact) mass is 199 g/mol. The number of oxime groups is 1. The Morgan fingerprint density at radius 1 is 1.43 bits per heavy atom. The van der Waals surface area contributed by atoms with Crippen LogP contribution in [0.3, 0.4) is 0 Å². The van der Waals surface area contributed by atoms with E-state index >= 15 is 0 Å². The lowest BCUT2D eigenvalue weighted by Gasteiger charge is -2.29. The van der Waals surface area contributed by atoms with E-state index in [0.717, 1.165) is 18.9 Å². The zero-order valence-electron chi connectivity index (χ0n) is 9.62. The molecule has 0 spiro atoms. The first-order valence-electron chi connectivity index (χ1n) is 5.17. The fourth-order valence-electron chi connectivity index (χ4n) is 1.61. The summed E-state index contributed by atoms with van der Waals surface area (Å²) in [5, 5.41) is 12.2. The van der Waals surface area contributed by atoms with Gasteiger partial charge in [0.25, 0.3) is 0 Å². The first kappa shape index (κ1) is 11.3. The molecule has 1 rings (SSSR count). The number of amidine groups is 1. The van der Waals surface area contributed by atoms with Crippen LogP contribution in [0, 0.1) is 0 Å². The highest BCUT2D eigenvalue weighted by Crippen LogP contribution is 2.40. The molecule has 0 amide bonds. The van der Waals surface area contributed by atoms with E-state index < -0.39 is 0 Å². The van der Waals surface area contributed by atoms with E-state index in [1.54, 1.807) is 0 Å². The topological polar surface area (TPSA) is 39.1 Å². The van der Waals surface area contributed by atoms with Crippen LogP contribution >= 0.6 is 0 Å². The molecule has 0 aromatic carbocycles. The Kier molecular flexibility index (Phi) is 3.37. The molecule has 0 aromatic rings.